The lowest BCUT2D eigenvalue weighted by atomic mass is 10.9. The fourth-order valence-electron chi connectivity index (χ4n) is 0.577. The zero-order chi connectivity index (χ0) is 13.4. The molecule has 0 N–H and O–H groups in total. The van der Waals surface area contributed by atoms with E-state index in [4.69, 9.17) is 0 Å². The van der Waals surface area contributed by atoms with Crippen molar-refractivity contribution in [2.75, 3.05) is 27.5 Å². The lowest BCUT2D eigenvalue weighted by Crippen LogP contribution is -2.28. The number of oxime groups is 1. The molecule has 7 nitrogen and oxygen atoms in total. The van der Waals surface area contributed by atoms with Gasteiger partial charge in [-0.3, -0.25) is 4.84 Å². The average molecular weight is 281 g/mol. The highest BCUT2D eigenvalue weighted by molar-refractivity contribution is 8.13. The number of amides is 2. The molecule has 9 heteroatoms. The van der Waals surface area contributed by atoms with Gasteiger partial charge >= 0.3 is 12.2 Å². The zero-order valence-electron chi connectivity index (χ0n) is 10.3. The summed E-state index contributed by atoms with van der Waals surface area (Å²) >= 11 is 2.20. The Hall–Kier alpha value is -1.09. The van der Waals surface area contributed by atoms with Gasteiger partial charge in [0.05, 0.1) is 19.2 Å². The summed E-state index contributed by atoms with van der Waals surface area (Å²) in [6.07, 6.45) is 0.563. The van der Waals surface area contributed by atoms with E-state index in [0.29, 0.717) is 5.04 Å². The second-order valence-corrected chi connectivity index (χ2v) is 4.98. The van der Waals surface area contributed by atoms with Crippen molar-refractivity contribution in [2.45, 2.75) is 6.92 Å². The highest BCUT2D eigenvalue weighted by atomic mass is 32.2. The Bertz CT molecular complexity index is 311. The van der Waals surface area contributed by atoms with E-state index in [1.165, 1.54) is 33.0 Å². The van der Waals surface area contributed by atoms with Crippen LogP contribution in [0.2, 0.25) is 0 Å². The van der Waals surface area contributed by atoms with Crippen molar-refractivity contribution in [3.05, 3.63) is 0 Å². The second-order valence-electron chi connectivity index (χ2n) is 2.72. The van der Waals surface area contributed by atoms with Crippen molar-refractivity contribution in [1.82, 2.24) is 8.61 Å². The molecule has 0 unspecified atom stereocenters. The molecule has 0 bridgehead atoms. The number of ether oxygens (including phenoxy) is 1. The molecule has 0 aromatic heterocycles. The molecular weight excluding hydrogens is 266 g/mol. The summed E-state index contributed by atoms with van der Waals surface area (Å²) in [6.45, 7) is 1.71. The van der Waals surface area contributed by atoms with Crippen LogP contribution in [0.1, 0.15) is 6.92 Å². The minimum atomic E-state index is -0.681. The number of thioether (sulfide) groups is 1. The monoisotopic (exact) mass is 281 g/mol. The van der Waals surface area contributed by atoms with E-state index in [-0.39, 0.29) is 0 Å². The Labute approximate surface area is 109 Å². The van der Waals surface area contributed by atoms with E-state index in [0.717, 1.165) is 20.7 Å². The summed E-state index contributed by atoms with van der Waals surface area (Å²) in [6, 6.07) is 0. The fourth-order valence-corrected chi connectivity index (χ4v) is 1.30. The van der Waals surface area contributed by atoms with Gasteiger partial charge in [0.1, 0.15) is 5.04 Å². The molecule has 0 aromatic rings. The SMILES string of the molecule is COC(=O)N(C)SN(C)C(=O)O/N=C(/C)SC. The van der Waals surface area contributed by atoms with Gasteiger partial charge in [-0.2, -0.15) is 0 Å². The number of hydrogen-bond acceptors (Lipinski definition) is 7. The van der Waals surface area contributed by atoms with Gasteiger partial charge in [0.25, 0.3) is 0 Å². The third kappa shape index (κ3) is 6.27. The molecule has 0 aliphatic rings. The first kappa shape index (κ1) is 15.9. The van der Waals surface area contributed by atoms with Gasteiger partial charge in [0.2, 0.25) is 0 Å². The zero-order valence-corrected chi connectivity index (χ0v) is 11.9. The molecule has 0 atom stereocenters. The number of carbonyl (C=O) groups excluding carboxylic acids is 2. The molecule has 0 radical (unpaired) electrons. The number of nitrogens with zero attached hydrogens (tertiary/aromatic N) is 3. The summed E-state index contributed by atoms with van der Waals surface area (Å²) in [4.78, 5) is 27.1. The van der Waals surface area contributed by atoms with Gasteiger partial charge in [-0.15, -0.1) is 11.8 Å². The van der Waals surface area contributed by atoms with Crippen molar-refractivity contribution < 1.29 is 19.2 Å². The topological polar surface area (TPSA) is 71.4 Å². The van der Waals surface area contributed by atoms with E-state index in [1.807, 2.05) is 6.26 Å². The minimum Gasteiger partial charge on any atom is -0.452 e. The summed E-state index contributed by atoms with van der Waals surface area (Å²) < 4.78 is 6.73. The van der Waals surface area contributed by atoms with E-state index in [9.17, 15) is 9.59 Å². The second kappa shape index (κ2) is 8.07. The normalized spacial score (nSPS) is 10.8. The van der Waals surface area contributed by atoms with Gasteiger partial charge < -0.3 is 4.74 Å². The van der Waals surface area contributed by atoms with Crippen molar-refractivity contribution in [3.63, 3.8) is 0 Å². The van der Waals surface area contributed by atoms with E-state index < -0.39 is 12.2 Å². The summed E-state index contributed by atoms with van der Waals surface area (Å²) in [5, 5.41) is 4.20. The Kier molecular flexibility index (Phi) is 7.55. The van der Waals surface area contributed by atoms with Crippen LogP contribution in [0.3, 0.4) is 0 Å². The molecular formula is C8H15N3O4S2. The van der Waals surface area contributed by atoms with E-state index in [1.54, 1.807) is 6.92 Å². The Morgan fingerprint density at radius 1 is 1.18 bits per heavy atom. The van der Waals surface area contributed by atoms with Crippen LogP contribution < -0.4 is 0 Å². The summed E-state index contributed by atoms with van der Waals surface area (Å²) in [5.41, 5.74) is 0. The first-order chi connectivity index (χ1) is 7.92. The van der Waals surface area contributed by atoms with Crippen LogP contribution in [0.25, 0.3) is 0 Å². The molecule has 0 aromatic carbocycles. The third-order valence-corrected chi connectivity index (χ3v) is 2.93. The molecule has 98 valence electrons. The molecule has 0 rings (SSSR count). The Morgan fingerprint density at radius 2 is 1.71 bits per heavy atom. The molecule has 0 saturated carbocycles. The maximum Gasteiger partial charge on any atom is 0.447 e. The first-order valence-corrected chi connectivity index (χ1v) is 6.41. The van der Waals surface area contributed by atoms with Crippen LogP contribution in [-0.2, 0) is 9.57 Å². The largest absolute Gasteiger partial charge is 0.452 e. The standard InChI is InChI=1S/C8H15N3O4S2/c1-6(16-5)9-15-8(13)11(3)17-10(2)7(12)14-4/h1-5H3/b9-6-. The van der Waals surface area contributed by atoms with Crippen LogP contribution in [0, 0.1) is 0 Å². The van der Waals surface area contributed by atoms with Crippen molar-refractivity contribution in [3.8, 4) is 0 Å². The van der Waals surface area contributed by atoms with E-state index in [2.05, 4.69) is 14.7 Å². The Morgan fingerprint density at radius 3 is 2.18 bits per heavy atom. The van der Waals surface area contributed by atoms with Crippen LogP contribution >= 0.6 is 23.9 Å². The van der Waals surface area contributed by atoms with Crippen LogP contribution in [0.5, 0.6) is 0 Å². The highest BCUT2D eigenvalue weighted by Crippen LogP contribution is 2.14. The molecule has 0 heterocycles. The molecule has 2 amide bonds. The smallest absolute Gasteiger partial charge is 0.447 e. The average Bonchev–Trinajstić information content (AvgIpc) is 2.33. The maximum absolute atomic E-state index is 11.4. The van der Waals surface area contributed by atoms with Gasteiger partial charge in [0.15, 0.2) is 0 Å². The fraction of sp³-hybridized carbons (Fsp3) is 0.625. The minimum absolute atomic E-state index is 0.571. The molecule has 0 saturated heterocycles. The van der Waals surface area contributed by atoms with Crippen molar-refractivity contribution in [2.24, 2.45) is 5.16 Å². The lowest BCUT2D eigenvalue weighted by molar-refractivity contribution is 0.135. The maximum atomic E-state index is 11.4. The Balaban J connectivity index is 4.19. The molecule has 0 aliphatic carbocycles. The highest BCUT2D eigenvalue weighted by Gasteiger charge is 2.18. The van der Waals surface area contributed by atoms with Gasteiger partial charge in [-0.25, -0.2) is 18.2 Å². The quantitative estimate of drug-likeness (QED) is 0.259. The van der Waals surface area contributed by atoms with Gasteiger partial charge in [-0.1, -0.05) is 5.16 Å². The molecule has 0 aliphatic heterocycles. The summed E-state index contributed by atoms with van der Waals surface area (Å²) in [5.74, 6) is 0. The number of rotatable bonds is 3. The first-order valence-electron chi connectivity index (χ1n) is 4.45. The van der Waals surface area contributed by atoms with Crippen LogP contribution in [0.4, 0.5) is 9.59 Å². The molecule has 0 fully saturated rings. The predicted octanol–water partition coefficient (Wildman–Crippen LogP) is 2.01. The van der Waals surface area contributed by atoms with Crippen molar-refractivity contribution >= 4 is 41.1 Å². The van der Waals surface area contributed by atoms with Gasteiger partial charge in [0, 0.05) is 14.1 Å². The van der Waals surface area contributed by atoms with E-state index >= 15 is 0 Å². The lowest BCUT2D eigenvalue weighted by Gasteiger charge is -2.19. The molecule has 0 spiro atoms. The van der Waals surface area contributed by atoms with Gasteiger partial charge in [-0.05, 0) is 13.2 Å². The summed E-state index contributed by atoms with van der Waals surface area (Å²) in [7, 11) is 4.18. The number of hydrogen-bond donors (Lipinski definition) is 0. The number of methoxy groups -OCH3 is 1. The number of carbonyl (C=O) groups is 2. The van der Waals surface area contributed by atoms with Crippen molar-refractivity contribution in [1.29, 1.82) is 0 Å². The third-order valence-electron chi connectivity index (χ3n) is 1.48. The molecule has 17 heavy (non-hydrogen) atoms. The predicted molar refractivity (Wildman–Crippen MR) is 68.6 cm³/mol. The van der Waals surface area contributed by atoms with Crippen LogP contribution in [0.15, 0.2) is 5.16 Å². The van der Waals surface area contributed by atoms with Crippen LogP contribution in [-0.4, -0.2) is 53.3 Å².